The van der Waals surface area contributed by atoms with E-state index in [1.54, 1.807) is 0 Å². The molecule has 0 bridgehead atoms. The molecule has 0 saturated heterocycles. The van der Waals surface area contributed by atoms with Gasteiger partial charge in [-0.15, -0.1) is 24.0 Å². The van der Waals surface area contributed by atoms with E-state index in [0.717, 1.165) is 0 Å². The van der Waals surface area contributed by atoms with Gasteiger partial charge >= 0.3 is 0 Å². The van der Waals surface area contributed by atoms with E-state index in [0.29, 0.717) is 12.4 Å². The molecule has 0 aromatic carbocycles. The van der Waals surface area contributed by atoms with Crippen LogP contribution in [-0.2, 0) is 0 Å². The van der Waals surface area contributed by atoms with Crippen LogP contribution in [0.3, 0.4) is 0 Å². The molecule has 0 amide bonds. The standard InChI is InChI=1S/C4H10ClN.ClH/c1-6(2)4-3-5;/h3-4H2,1-2H3;1H/i1D3;. The molecular weight excluding hydrogens is 133 g/mol. The Labute approximate surface area is 60.3 Å². The average molecular weight is 147 g/mol. The Kier molecular flexibility index (Phi) is 4.13. The molecule has 0 fully saturated rings. The second-order valence-electron chi connectivity index (χ2n) is 1.11. The van der Waals surface area contributed by atoms with Gasteiger partial charge in [0.05, 0.1) is 0 Å². The van der Waals surface area contributed by atoms with Gasteiger partial charge in [-0.05, 0) is 14.0 Å². The van der Waals surface area contributed by atoms with Crippen molar-refractivity contribution in [1.82, 2.24) is 4.90 Å². The normalized spacial score (nSPS) is 16.7. The highest BCUT2D eigenvalue weighted by Gasteiger charge is 1.81. The number of alkyl halides is 1. The van der Waals surface area contributed by atoms with Crippen molar-refractivity contribution in [3.8, 4) is 0 Å². The molecule has 0 unspecified atom stereocenters. The van der Waals surface area contributed by atoms with E-state index in [1.807, 2.05) is 0 Å². The van der Waals surface area contributed by atoms with E-state index >= 15 is 0 Å². The van der Waals surface area contributed by atoms with Crippen molar-refractivity contribution in [2.24, 2.45) is 0 Å². The largest absolute Gasteiger partial charge is 0.308 e. The summed E-state index contributed by atoms with van der Waals surface area (Å²) in [7, 11) is 1.52. The third-order valence-corrected chi connectivity index (χ3v) is 0.589. The number of halogens is 2. The monoisotopic (exact) mass is 146 g/mol. The Morgan fingerprint density at radius 3 is 2.57 bits per heavy atom. The van der Waals surface area contributed by atoms with E-state index in [2.05, 4.69) is 0 Å². The highest BCUT2D eigenvalue weighted by atomic mass is 35.5. The highest BCUT2D eigenvalue weighted by molar-refractivity contribution is 6.18. The Hall–Kier alpha value is 0.540. The molecule has 0 aromatic rings. The van der Waals surface area contributed by atoms with Crippen molar-refractivity contribution in [1.29, 1.82) is 0 Å². The molecule has 0 rings (SSSR count). The summed E-state index contributed by atoms with van der Waals surface area (Å²) in [6.07, 6.45) is 0. The van der Waals surface area contributed by atoms with E-state index < -0.39 is 6.98 Å². The Bertz CT molecular complexity index is 85.1. The fraction of sp³-hybridized carbons (Fsp3) is 1.00. The number of hydrogen-bond donors (Lipinski definition) is 0. The summed E-state index contributed by atoms with van der Waals surface area (Å²) in [6.45, 7) is -1.59. The number of hydrogen-bond acceptors (Lipinski definition) is 1. The molecule has 0 aliphatic rings. The first-order valence-electron chi connectivity index (χ1n) is 3.25. The predicted octanol–water partition coefficient (Wildman–Crippen LogP) is 1.21. The van der Waals surface area contributed by atoms with E-state index in [-0.39, 0.29) is 12.4 Å². The zero-order chi connectivity index (χ0) is 7.49. The Morgan fingerprint density at radius 1 is 1.86 bits per heavy atom. The molecule has 0 aliphatic carbocycles. The van der Waals surface area contributed by atoms with Crippen molar-refractivity contribution in [2.45, 2.75) is 0 Å². The topological polar surface area (TPSA) is 3.24 Å². The van der Waals surface area contributed by atoms with Gasteiger partial charge in [0.25, 0.3) is 0 Å². The van der Waals surface area contributed by atoms with Crippen LogP contribution in [0.25, 0.3) is 0 Å². The fourth-order valence-electron chi connectivity index (χ4n) is 0.127. The second kappa shape index (κ2) is 6.54. The molecule has 3 heteroatoms. The van der Waals surface area contributed by atoms with Crippen molar-refractivity contribution >= 4 is 24.0 Å². The van der Waals surface area contributed by atoms with Gasteiger partial charge in [0.15, 0.2) is 0 Å². The van der Waals surface area contributed by atoms with Crippen molar-refractivity contribution in [3.63, 3.8) is 0 Å². The molecule has 1 nitrogen and oxygen atoms in total. The minimum absolute atomic E-state index is 0. The first-order valence-corrected chi connectivity index (χ1v) is 2.29. The minimum Gasteiger partial charge on any atom is -0.308 e. The molecule has 7 heavy (non-hydrogen) atoms. The smallest absolute Gasteiger partial charge is 0.0394 e. The first kappa shape index (κ1) is 4.42. The maximum Gasteiger partial charge on any atom is 0.0394 e. The van der Waals surface area contributed by atoms with Gasteiger partial charge in [0.2, 0.25) is 0 Å². The molecule has 0 heterocycles. The van der Waals surface area contributed by atoms with Crippen LogP contribution in [0.4, 0.5) is 0 Å². The number of nitrogens with zero attached hydrogens (tertiary/aromatic N) is 1. The summed E-state index contributed by atoms with van der Waals surface area (Å²) in [5, 5.41) is 0. The van der Waals surface area contributed by atoms with Crippen LogP contribution >= 0.6 is 24.0 Å². The average Bonchev–Trinajstić information content (AvgIpc) is 1.64. The van der Waals surface area contributed by atoms with Gasteiger partial charge in [-0.3, -0.25) is 0 Å². The van der Waals surface area contributed by atoms with Gasteiger partial charge in [0, 0.05) is 16.5 Å². The maximum absolute atomic E-state index is 6.84. The quantitative estimate of drug-likeness (QED) is 0.530. The molecular formula is C4H11Cl2N. The van der Waals surface area contributed by atoms with Gasteiger partial charge < -0.3 is 4.90 Å². The van der Waals surface area contributed by atoms with Crippen LogP contribution in [0.1, 0.15) is 4.11 Å². The molecule has 0 N–H and O–H groups in total. The minimum atomic E-state index is -1.99. The third-order valence-electron chi connectivity index (χ3n) is 0.420. The highest BCUT2D eigenvalue weighted by Crippen LogP contribution is 1.75. The van der Waals surface area contributed by atoms with Crippen LogP contribution in [0, 0.1) is 0 Å². The Balaban J connectivity index is 0. The Morgan fingerprint density at radius 2 is 2.43 bits per heavy atom. The molecule has 0 radical (unpaired) electrons. The molecule has 0 atom stereocenters. The third kappa shape index (κ3) is 10.8. The summed E-state index contributed by atoms with van der Waals surface area (Å²) in [4.78, 5) is 1.24. The van der Waals surface area contributed by atoms with E-state index in [1.165, 1.54) is 11.9 Å². The lowest BCUT2D eigenvalue weighted by atomic mass is 10.7. The van der Waals surface area contributed by atoms with Gasteiger partial charge in [-0.1, -0.05) is 0 Å². The molecule has 46 valence electrons. The van der Waals surface area contributed by atoms with Crippen LogP contribution in [-0.4, -0.2) is 31.3 Å². The van der Waals surface area contributed by atoms with Crippen LogP contribution in [0.5, 0.6) is 0 Å². The predicted molar refractivity (Wildman–Crippen MR) is 36.5 cm³/mol. The summed E-state index contributed by atoms with van der Waals surface area (Å²) >= 11 is 5.31. The van der Waals surface area contributed by atoms with Gasteiger partial charge in [-0.25, -0.2) is 0 Å². The summed E-state index contributed by atoms with van der Waals surface area (Å²) in [5.41, 5.74) is 0. The van der Waals surface area contributed by atoms with Crippen molar-refractivity contribution < 1.29 is 4.11 Å². The summed E-state index contributed by atoms with van der Waals surface area (Å²) in [5.74, 6) is 0.356. The summed E-state index contributed by atoms with van der Waals surface area (Å²) < 4.78 is 20.5. The molecule has 0 aromatic heterocycles. The maximum atomic E-state index is 6.84. The van der Waals surface area contributed by atoms with E-state index in [9.17, 15) is 0 Å². The number of rotatable bonds is 2. The zero-order valence-corrected chi connectivity index (χ0v) is 5.72. The molecule has 0 spiro atoms. The lowest BCUT2D eigenvalue weighted by Gasteiger charge is -2.02. The fourth-order valence-corrected chi connectivity index (χ4v) is 0.380. The van der Waals surface area contributed by atoms with Crippen molar-refractivity contribution in [3.05, 3.63) is 0 Å². The molecule has 0 saturated carbocycles. The van der Waals surface area contributed by atoms with Crippen LogP contribution < -0.4 is 0 Å². The SMILES string of the molecule is Cl.[2H]C([2H])([2H])N(C)CCCl. The van der Waals surface area contributed by atoms with Gasteiger partial charge in [-0.2, -0.15) is 0 Å². The zero-order valence-electron chi connectivity index (χ0n) is 7.15. The van der Waals surface area contributed by atoms with Crippen LogP contribution in [0.2, 0.25) is 0 Å². The second-order valence-corrected chi connectivity index (χ2v) is 1.49. The lowest BCUT2D eigenvalue weighted by molar-refractivity contribution is 0.436. The van der Waals surface area contributed by atoms with Crippen LogP contribution in [0.15, 0.2) is 0 Å². The molecule has 0 aliphatic heterocycles. The summed E-state index contributed by atoms with van der Waals surface area (Å²) in [6, 6.07) is 0. The lowest BCUT2D eigenvalue weighted by Crippen LogP contribution is -2.13. The van der Waals surface area contributed by atoms with Gasteiger partial charge in [0.1, 0.15) is 0 Å². The first-order chi connectivity index (χ1) is 3.98. The van der Waals surface area contributed by atoms with Crippen molar-refractivity contribution in [2.75, 3.05) is 26.4 Å². The van der Waals surface area contributed by atoms with E-state index in [4.69, 9.17) is 15.7 Å².